The molecule has 2 rings (SSSR count). The van der Waals surface area contributed by atoms with Crippen LogP contribution in [0.1, 0.15) is 37.3 Å². The van der Waals surface area contributed by atoms with Gasteiger partial charge in [0, 0.05) is 18.8 Å². The molecule has 0 saturated carbocycles. The van der Waals surface area contributed by atoms with Gasteiger partial charge in [0.15, 0.2) is 5.96 Å². The molecule has 1 saturated heterocycles. The fraction of sp³-hybridized carbons (Fsp3) is 0.611. The first-order valence-electron chi connectivity index (χ1n) is 8.41. The highest BCUT2D eigenvalue weighted by molar-refractivity contribution is 14.0. The van der Waals surface area contributed by atoms with Gasteiger partial charge in [0.2, 0.25) is 0 Å². The molecule has 1 unspecified atom stereocenters. The molecule has 0 spiro atoms. The van der Waals surface area contributed by atoms with Crippen LogP contribution >= 0.6 is 24.0 Å². The van der Waals surface area contributed by atoms with Gasteiger partial charge in [-0.25, -0.2) is 0 Å². The maximum Gasteiger partial charge on any atom is 0.193 e. The third kappa shape index (κ3) is 7.08. The number of nitrogens with two attached hydrogens (primary N) is 1. The standard InChI is InChI=1S/C18H30N4.HI/c1-14-6-4-10-22(13-14)11-5-9-20-18(19)21-17-8-7-15(2)16(3)12-17;/h7-8,12,14H,4-6,9-11,13H2,1-3H3,(H3,19,20,21);1H. The van der Waals surface area contributed by atoms with E-state index in [0.29, 0.717) is 5.96 Å². The van der Waals surface area contributed by atoms with E-state index in [0.717, 1.165) is 31.1 Å². The number of hydrogen-bond donors (Lipinski definition) is 2. The Morgan fingerprint density at radius 3 is 2.83 bits per heavy atom. The lowest BCUT2D eigenvalue weighted by molar-refractivity contribution is 0.183. The minimum Gasteiger partial charge on any atom is -0.370 e. The van der Waals surface area contributed by atoms with Crippen LogP contribution in [-0.4, -0.2) is 37.0 Å². The number of nitrogens with one attached hydrogen (secondary N) is 1. The summed E-state index contributed by atoms with van der Waals surface area (Å²) in [4.78, 5) is 6.98. The summed E-state index contributed by atoms with van der Waals surface area (Å²) >= 11 is 0. The Balaban J connectivity index is 0.00000264. The number of halogens is 1. The molecule has 0 radical (unpaired) electrons. The number of aliphatic imine (C=N–C) groups is 1. The second kappa shape index (κ2) is 10.1. The predicted molar refractivity (Wildman–Crippen MR) is 111 cm³/mol. The third-order valence-electron chi connectivity index (χ3n) is 4.44. The van der Waals surface area contributed by atoms with E-state index in [4.69, 9.17) is 5.73 Å². The molecular formula is C18H31IN4. The van der Waals surface area contributed by atoms with Crippen molar-refractivity contribution in [3.8, 4) is 0 Å². The van der Waals surface area contributed by atoms with Crippen LogP contribution in [0.5, 0.6) is 0 Å². The molecule has 0 aromatic heterocycles. The SMILES string of the molecule is Cc1ccc(NC(N)=NCCCN2CCCC(C)C2)cc1C.I. The largest absolute Gasteiger partial charge is 0.370 e. The van der Waals surface area contributed by atoms with Crippen LogP contribution in [0.2, 0.25) is 0 Å². The van der Waals surface area contributed by atoms with Gasteiger partial charge in [0.1, 0.15) is 0 Å². The van der Waals surface area contributed by atoms with E-state index in [-0.39, 0.29) is 24.0 Å². The molecule has 23 heavy (non-hydrogen) atoms. The van der Waals surface area contributed by atoms with Gasteiger partial charge in [-0.2, -0.15) is 0 Å². The van der Waals surface area contributed by atoms with E-state index < -0.39 is 0 Å². The smallest absolute Gasteiger partial charge is 0.193 e. The predicted octanol–water partition coefficient (Wildman–Crippen LogP) is 3.77. The first-order valence-corrected chi connectivity index (χ1v) is 8.41. The van der Waals surface area contributed by atoms with Crippen LogP contribution in [0.3, 0.4) is 0 Å². The summed E-state index contributed by atoms with van der Waals surface area (Å²) in [6.07, 6.45) is 3.78. The van der Waals surface area contributed by atoms with E-state index in [1.807, 2.05) is 6.07 Å². The highest BCUT2D eigenvalue weighted by Crippen LogP contribution is 2.15. The number of guanidine groups is 1. The van der Waals surface area contributed by atoms with E-state index in [9.17, 15) is 0 Å². The number of likely N-dealkylation sites (tertiary alicyclic amines) is 1. The molecule has 0 aliphatic carbocycles. The number of anilines is 1. The van der Waals surface area contributed by atoms with Gasteiger partial charge in [-0.3, -0.25) is 4.99 Å². The van der Waals surface area contributed by atoms with Gasteiger partial charge in [-0.05, 0) is 75.4 Å². The average Bonchev–Trinajstić information content (AvgIpc) is 2.48. The molecule has 1 heterocycles. The lowest BCUT2D eigenvalue weighted by Gasteiger charge is -2.30. The summed E-state index contributed by atoms with van der Waals surface area (Å²) in [5.74, 6) is 1.35. The van der Waals surface area contributed by atoms with Crippen molar-refractivity contribution in [3.05, 3.63) is 29.3 Å². The summed E-state index contributed by atoms with van der Waals surface area (Å²) in [6.45, 7) is 10.9. The van der Waals surface area contributed by atoms with Crippen molar-refractivity contribution >= 4 is 35.6 Å². The van der Waals surface area contributed by atoms with Crippen molar-refractivity contribution in [3.63, 3.8) is 0 Å². The summed E-state index contributed by atoms with van der Waals surface area (Å²) < 4.78 is 0. The van der Waals surface area contributed by atoms with Crippen molar-refractivity contribution in [2.45, 2.75) is 40.0 Å². The highest BCUT2D eigenvalue weighted by atomic mass is 127. The quantitative estimate of drug-likeness (QED) is 0.324. The van der Waals surface area contributed by atoms with Crippen molar-refractivity contribution in [2.24, 2.45) is 16.6 Å². The Morgan fingerprint density at radius 2 is 2.13 bits per heavy atom. The van der Waals surface area contributed by atoms with Crippen LogP contribution in [-0.2, 0) is 0 Å². The molecule has 0 amide bonds. The molecule has 0 bridgehead atoms. The van der Waals surface area contributed by atoms with Gasteiger partial charge in [-0.1, -0.05) is 13.0 Å². The Morgan fingerprint density at radius 1 is 1.35 bits per heavy atom. The van der Waals surface area contributed by atoms with E-state index in [1.54, 1.807) is 0 Å². The number of benzene rings is 1. The molecule has 1 atom stereocenters. The second-order valence-electron chi connectivity index (χ2n) is 6.59. The fourth-order valence-electron chi connectivity index (χ4n) is 2.99. The van der Waals surface area contributed by atoms with Crippen LogP contribution < -0.4 is 11.1 Å². The van der Waals surface area contributed by atoms with E-state index in [2.05, 4.69) is 48.1 Å². The van der Waals surface area contributed by atoms with Gasteiger partial charge in [-0.15, -0.1) is 24.0 Å². The van der Waals surface area contributed by atoms with Gasteiger partial charge in [0.05, 0.1) is 0 Å². The molecule has 1 aromatic rings. The molecule has 3 N–H and O–H groups in total. The van der Waals surface area contributed by atoms with Gasteiger partial charge < -0.3 is 16.0 Å². The van der Waals surface area contributed by atoms with E-state index >= 15 is 0 Å². The number of nitrogens with zero attached hydrogens (tertiary/aromatic N) is 2. The van der Waals surface area contributed by atoms with Crippen LogP contribution in [0, 0.1) is 19.8 Å². The number of rotatable bonds is 5. The first kappa shape index (κ1) is 20.2. The van der Waals surface area contributed by atoms with Crippen molar-refractivity contribution < 1.29 is 0 Å². The highest BCUT2D eigenvalue weighted by Gasteiger charge is 2.15. The number of aryl methyl sites for hydroxylation is 2. The van der Waals surface area contributed by atoms with Crippen LogP contribution in [0.15, 0.2) is 23.2 Å². The lowest BCUT2D eigenvalue weighted by atomic mass is 10.0. The van der Waals surface area contributed by atoms with Crippen LogP contribution in [0.25, 0.3) is 0 Å². The Bertz CT molecular complexity index is 516. The van der Waals surface area contributed by atoms with Gasteiger partial charge in [0.25, 0.3) is 0 Å². The minimum atomic E-state index is 0. The molecule has 1 aliphatic heterocycles. The molecular weight excluding hydrogens is 399 g/mol. The van der Waals surface area contributed by atoms with Crippen LogP contribution in [0.4, 0.5) is 5.69 Å². The molecule has 1 fully saturated rings. The van der Waals surface area contributed by atoms with Gasteiger partial charge >= 0.3 is 0 Å². The third-order valence-corrected chi connectivity index (χ3v) is 4.44. The summed E-state index contributed by atoms with van der Waals surface area (Å²) in [7, 11) is 0. The topological polar surface area (TPSA) is 53.6 Å². The Hall–Kier alpha value is -0.820. The van der Waals surface area contributed by atoms with E-state index in [1.165, 1.54) is 37.1 Å². The number of hydrogen-bond acceptors (Lipinski definition) is 2. The average molecular weight is 430 g/mol. The summed E-state index contributed by atoms with van der Waals surface area (Å²) in [5, 5.41) is 3.17. The zero-order valence-corrected chi connectivity index (χ0v) is 17.0. The lowest BCUT2D eigenvalue weighted by Crippen LogP contribution is -2.35. The molecule has 4 nitrogen and oxygen atoms in total. The number of piperidine rings is 1. The van der Waals surface area contributed by atoms with Crippen molar-refractivity contribution in [1.82, 2.24) is 4.90 Å². The second-order valence-corrected chi connectivity index (χ2v) is 6.59. The summed E-state index contributed by atoms with van der Waals surface area (Å²) in [6, 6.07) is 6.25. The maximum absolute atomic E-state index is 5.96. The zero-order valence-electron chi connectivity index (χ0n) is 14.6. The zero-order chi connectivity index (χ0) is 15.9. The van der Waals surface area contributed by atoms with Crippen molar-refractivity contribution in [2.75, 3.05) is 31.5 Å². The normalized spacial score (nSPS) is 19.3. The molecule has 130 valence electrons. The molecule has 1 aliphatic rings. The Kier molecular flexibility index (Phi) is 8.91. The fourth-order valence-corrected chi connectivity index (χ4v) is 2.99. The summed E-state index contributed by atoms with van der Waals surface area (Å²) in [5.41, 5.74) is 9.52. The van der Waals surface area contributed by atoms with Crippen molar-refractivity contribution in [1.29, 1.82) is 0 Å². The first-order chi connectivity index (χ1) is 10.5. The maximum atomic E-state index is 5.96. The Labute approximate surface area is 157 Å². The monoisotopic (exact) mass is 430 g/mol. The molecule has 1 aromatic carbocycles. The minimum absolute atomic E-state index is 0. The molecule has 5 heteroatoms.